The molecule has 0 aromatic heterocycles. The summed E-state index contributed by atoms with van der Waals surface area (Å²) in [6.45, 7) is -0.514. The first-order valence-corrected chi connectivity index (χ1v) is 5.79. The van der Waals surface area contributed by atoms with E-state index in [0.717, 1.165) is 0 Å². The predicted octanol–water partition coefficient (Wildman–Crippen LogP) is -1.43. The Balaban J connectivity index is -0.000000400. The Hall–Kier alpha value is 5.83. The van der Waals surface area contributed by atoms with Crippen LogP contribution in [-0.2, 0) is 4.74 Å². The van der Waals surface area contributed by atoms with E-state index in [1.54, 1.807) is 0 Å². The maximum atomic E-state index is 9.75. The standard InChI is InChI=1S/C12H16O7.5Ac/c13-5-8-9(15)10(16)11(17)12(19-8)18-7-3-1-6(14)2-4-7;;;;;/h1-4,8-17H,5H2;;;;;/t8-,9?,10?,11?,12?;;;;;/m1...../s1. The zero-order valence-electron chi connectivity index (χ0n) is 12.8. The van der Waals surface area contributed by atoms with E-state index in [9.17, 15) is 15.3 Å². The second-order valence-corrected chi connectivity index (χ2v) is 4.31. The molecule has 24 heavy (non-hydrogen) atoms. The first kappa shape index (κ1) is 37.2. The third-order valence-corrected chi connectivity index (χ3v) is 2.94. The SMILES string of the molecule is OC[C@H]1OC(Oc2ccc(O)cc2)C(O)C(O)C1O.[Ac].[Ac].[Ac].[Ac].[Ac]. The van der Waals surface area contributed by atoms with Crippen molar-refractivity contribution in [2.75, 3.05) is 6.61 Å². The normalized spacial score (nSPS) is 27.8. The molecule has 0 saturated carbocycles. The molecule has 1 aromatic rings. The van der Waals surface area contributed by atoms with Gasteiger partial charge in [-0.15, -0.1) is 0 Å². The van der Waals surface area contributed by atoms with Crippen LogP contribution in [0.2, 0.25) is 0 Å². The molecule has 0 spiro atoms. The largest absolute Gasteiger partial charge is 0.508 e. The van der Waals surface area contributed by atoms with E-state index in [-0.39, 0.29) is 226 Å². The van der Waals surface area contributed by atoms with Crippen LogP contribution >= 0.6 is 0 Å². The molecule has 1 aliphatic rings. The van der Waals surface area contributed by atoms with Gasteiger partial charge in [0.1, 0.15) is 35.9 Å². The van der Waals surface area contributed by atoms with E-state index in [1.807, 2.05) is 0 Å². The number of aliphatic hydroxyl groups is 4. The van der Waals surface area contributed by atoms with E-state index in [1.165, 1.54) is 24.3 Å². The van der Waals surface area contributed by atoms with E-state index < -0.39 is 37.3 Å². The molecule has 5 radical (unpaired) electrons. The Bertz CT molecular complexity index is 423. The first-order valence-electron chi connectivity index (χ1n) is 5.79. The molecule has 5 atom stereocenters. The van der Waals surface area contributed by atoms with Crippen molar-refractivity contribution in [2.45, 2.75) is 30.7 Å². The van der Waals surface area contributed by atoms with Gasteiger partial charge in [0.2, 0.25) is 6.29 Å². The van der Waals surface area contributed by atoms with Gasteiger partial charge >= 0.3 is 0 Å². The summed E-state index contributed by atoms with van der Waals surface area (Å²) < 4.78 is 10.5. The van der Waals surface area contributed by atoms with Crippen molar-refractivity contribution in [3.63, 3.8) is 0 Å². The molecule has 1 saturated heterocycles. The zero-order chi connectivity index (χ0) is 14.0. The van der Waals surface area contributed by atoms with E-state index in [0.29, 0.717) is 5.75 Å². The molecule has 0 bridgehead atoms. The van der Waals surface area contributed by atoms with E-state index in [4.69, 9.17) is 19.7 Å². The molecule has 1 aliphatic heterocycles. The Morgan fingerprint density at radius 1 is 0.833 bits per heavy atom. The predicted molar refractivity (Wildman–Crippen MR) is 62.5 cm³/mol. The van der Waals surface area contributed by atoms with Gasteiger partial charge in [0.25, 0.3) is 0 Å². The molecule has 1 aromatic carbocycles. The van der Waals surface area contributed by atoms with Gasteiger partial charge in [0, 0.05) is 220 Å². The molecule has 1 fully saturated rings. The number of phenols is 1. The quantitative estimate of drug-likeness (QED) is 0.252. The second kappa shape index (κ2) is 19.5. The number of benzene rings is 1. The number of aliphatic hydroxyl groups excluding tert-OH is 4. The topological polar surface area (TPSA) is 120 Å². The van der Waals surface area contributed by atoms with Crippen molar-refractivity contribution in [1.29, 1.82) is 0 Å². The smallest absolute Gasteiger partial charge is 0.229 e. The summed E-state index contributed by atoms with van der Waals surface area (Å²) in [5.41, 5.74) is 0. The number of hydrogen-bond donors (Lipinski definition) is 5. The van der Waals surface area contributed by atoms with Crippen LogP contribution in [0.4, 0.5) is 0 Å². The number of rotatable bonds is 3. The van der Waals surface area contributed by atoms with E-state index >= 15 is 0 Å². The average Bonchev–Trinajstić information content (AvgIpc) is 2.42. The molecule has 5 N–H and O–H groups in total. The minimum Gasteiger partial charge on any atom is -0.508 e. The van der Waals surface area contributed by atoms with Crippen LogP contribution in [0.25, 0.3) is 0 Å². The monoisotopic (exact) mass is 1410 g/mol. The van der Waals surface area contributed by atoms with Crippen molar-refractivity contribution in [2.24, 2.45) is 0 Å². The molecule has 4 unspecified atom stereocenters. The molecular formula is C12H16Ac5O7. The van der Waals surface area contributed by atoms with Crippen LogP contribution in [0.1, 0.15) is 0 Å². The van der Waals surface area contributed by atoms with Crippen LogP contribution in [0.15, 0.2) is 24.3 Å². The number of hydrogen-bond acceptors (Lipinski definition) is 7. The molecule has 7 nitrogen and oxygen atoms in total. The molecule has 2 rings (SSSR count). The molecule has 0 aliphatic carbocycles. The van der Waals surface area contributed by atoms with Gasteiger partial charge in [-0.3, -0.25) is 0 Å². The van der Waals surface area contributed by atoms with Crippen molar-refractivity contribution in [3.8, 4) is 11.5 Å². The molecule has 12 heteroatoms. The second-order valence-electron chi connectivity index (χ2n) is 4.31. The van der Waals surface area contributed by atoms with Gasteiger partial charge in [-0.25, -0.2) is 0 Å². The van der Waals surface area contributed by atoms with Crippen molar-refractivity contribution in [3.05, 3.63) is 24.3 Å². The summed E-state index contributed by atoms with van der Waals surface area (Å²) >= 11 is 0. The Labute approximate surface area is 319 Å². The van der Waals surface area contributed by atoms with Crippen molar-refractivity contribution < 1.29 is 255 Å². The molecular weight excluding hydrogens is 1390 g/mol. The average molecular weight is 1410 g/mol. The van der Waals surface area contributed by atoms with Crippen LogP contribution in [0, 0.1) is 220 Å². The summed E-state index contributed by atoms with van der Waals surface area (Å²) in [6.07, 6.45) is -6.58. The number of aromatic hydroxyl groups is 1. The van der Waals surface area contributed by atoms with Gasteiger partial charge < -0.3 is 35.0 Å². The van der Waals surface area contributed by atoms with Crippen LogP contribution < -0.4 is 4.74 Å². The number of ether oxygens (including phenoxy) is 2. The minimum absolute atomic E-state index is 0. The molecule has 0 amide bonds. The van der Waals surface area contributed by atoms with Gasteiger partial charge in [0.05, 0.1) is 6.61 Å². The minimum atomic E-state index is -1.48. The number of phenolic OH excluding ortho intramolecular Hbond substituents is 1. The van der Waals surface area contributed by atoms with Crippen LogP contribution in [0.5, 0.6) is 11.5 Å². The van der Waals surface area contributed by atoms with Crippen molar-refractivity contribution >= 4 is 0 Å². The van der Waals surface area contributed by atoms with Gasteiger partial charge in [0.15, 0.2) is 0 Å². The maximum Gasteiger partial charge on any atom is 0.229 e. The summed E-state index contributed by atoms with van der Waals surface area (Å²) in [5.74, 6) is 0.364. The fourth-order valence-electron chi connectivity index (χ4n) is 1.82. The Kier molecular flexibility index (Phi) is 30.2. The molecule has 1 heterocycles. The summed E-state index contributed by atoms with van der Waals surface area (Å²) in [6, 6.07) is 5.69. The fraction of sp³-hybridized carbons (Fsp3) is 0.500. The van der Waals surface area contributed by atoms with Crippen LogP contribution in [0.3, 0.4) is 0 Å². The van der Waals surface area contributed by atoms with Crippen molar-refractivity contribution in [1.82, 2.24) is 0 Å². The Morgan fingerprint density at radius 2 is 1.33 bits per heavy atom. The summed E-state index contributed by atoms with van der Waals surface area (Å²) in [7, 11) is 0. The van der Waals surface area contributed by atoms with Gasteiger partial charge in [-0.2, -0.15) is 0 Å². The van der Waals surface area contributed by atoms with Gasteiger partial charge in [-0.05, 0) is 24.3 Å². The Morgan fingerprint density at radius 3 is 1.79 bits per heavy atom. The summed E-state index contributed by atoms with van der Waals surface area (Å²) in [5, 5.41) is 47.1. The summed E-state index contributed by atoms with van der Waals surface area (Å²) in [4.78, 5) is 0. The maximum absolute atomic E-state index is 9.75. The molecule has 121 valence electrons. The van der Waals surface area contributed by atoms with E-state index in [2.05, 4.69) is 0 Å². The van der Waals surface area contributed by atoms with Crippen LogP contribution in [-0.4, -0.2) is 62.8 Å². The third-order valence-electron chi connectivity index (χ3n) is 2.94. The first-order chi connectivity index (χ1) is 9.02. The third kappa shape index (κ3) is 11.4. The van der Waals surface area contributed by atoms with Gasteiger partial charge in [-0.1, -0.05) is 0 Å². The fourth-order valence-corrected chi connectivity index (χ4v) is 1.82. The zero-order valence-corrected chi connectivity index (χ0v) is 36.6.